The fraction of sp³-hybridized carbons (Fsp3) is 0.556. The number of pyridine rings is 1. The number of nitrogens with zero attached hydrogens (tertiary/aromatic N) is 2. The van der Waals surface area contributed by atoms with E-state index in [1.54, 1.807) is 20.0 Å². The average Bonchev–Trinajstić information content (AvgIpc) is 2.74. The van der Waals surface area contributed by atoms with E-state index in [2.05, 4.69) is 15.6 Å². The van der Waals surface area contributed by atoms with Gasteiger partial charge in [0.05, 0.1) is 6.10 Å². The zero-order chi connectivity index (χ0) is 18.9. The molecule has 4 amide bonds. The normalized spacial score (nSPS) is 25.4. The highest BCUT2D eigenvalue weighted by Gasteiger charge is 2.45. The molecule has 2 aliphatic rings. The highest BCUT2D eigenvalue weighted by atomic mass is 16.3. The molecule has 0 spiro atoms. The Morgan fingerprint density at radius 2 is 2.15 bits per heavy atom. The van der Waals surface area contributed by atoms with Crippen LogP contribution in [0.4, 0.5) is 4.79 Å². The molecule has 0 radical (unpaired) electrons. The summed E-state index contributed by atoms with van der Waals surface area (Å²) in [6.07, 6.45) is 3.13. The molecule has 8 nitrogen and oxygen atoms in total. The minimum absolute atomic E-state index is 0.149. The zero-order valence-electron chi connectivity index (χ0n) is 14.9. The van der Waals surface area contributed by atoms with Crippen LogP contribution in [0.2, 0.25) is 0 Å². The standard InChI is InChI=1S/C18H24N4O4/c1-18(2)16(25)22(17(26)21-18)10-15(24)20-14(11-7-13(23)8-11)9-12-5-3-4-6-19-12/h3-6,11,13-14,23H,7-10H2,1-2H3,(H,20,24)(H,21,26)/t11?,13?,14-/m0/s1. The van der Waals surface area contributed by atoms with Gasteiger partial charge in [-0.2, -0.15) is 0 Å². The second-order valence-corrected chi connectivity index (χ2v) is 7.53. The van der Waals surface area contributed by atoms with Gasteiger partial charge in [0.15, 0.2) is 0 Å². The van der Waals surface area contributed by atoms with Gasteiger partial charge in [0, 0.05) is 24.4 Å². The van der Waals surface area contributed by atoms with E-state index in [9.17, 15) is 19.5 Å². The van der Waals surface area contributed by atoms with Crippen LogP contribution in [-0.4, -0.2) is 57.1 Å². The van der Waals surface area contributed by atoms with Crippen molar-refractivity contribution in [3.05, 3.63) is 30.1 Å². The number of rotatable bonds is 6. The molecule has 2 heterocycles. The maximum absolute atomic E-state index is 12.5. The summed E-state index contributed by atoms with van der Waals surface area (Å²) in [4.78, 5) is 41.8. The second kappa shape index (κ2) is 7.03. The van der Waals surface area contributed by atoms with E-state index in [4.69, 9.17) is 0 Å². The Hall–Kier alpha value is -2.48. The van der Waals surface area contributed by atoms with Gasteiger partial charge >= 0.3 is 6.03 Å². The molecule has 26 heavy (non-hydrogen) atoms. The zero-order valence-corrected chi connectivity index (χ0v) is 14.9. The lowest BCUT2D eigenvalue weighted by Gasteiger charge is -2.38. The third-order valence-corrected chi connectivity index (χ3v) is 4.97. The molecule has 0 bridgehead atoms. The molecule has 1 aliphatic carbocycles. The van der Waals surface area contributed by atoms with Crippen LogP contribution in [-0.2, 0) is 16.0 Å². The summed E-state index contributed by atoms with van der Waals surface area (Å²) in [5.74, 6) is -0.665. The summed E-state index contributed by atoms with van der Waals surface area (Å²) in [5, 5.41) is 15.1. The maximum Gasteiger partial charge on any atom is 0.325 e. The summed E-state index contributed by atoms with van der Waals surface area (Å²) in [5.41, 5.74) is -0.154. The first-order valence-electron chi connectivity index (χ1n) is 8.77. The number of carbonyl (C=O) groups excluding carboxylic acids is 3. The highest BCUT2D eigenvalue weighted by Crippen LogP contribution is 2.31. The second-order valence-electron chi connectivity index (χ2n) is 7.53. The van der Waals surface area contributed by atoms with E-state index in [1.807, 2.05) is 18.2 Å². The number of aliphatic hydroxyl groups is 1. The van der Waals surface area contributed by atoms with Crippen LogP contribution >= 0.6 is 0 Å². The molecule has 3 rings (SSSR count). The Labute approximate surface area is 152 Å². The van der Waals surface area contributed by atoms with Gasteiger partial charge in [-0.25, -0.2) is 4.79 Å². The van der Waals surface area contributed by atoms with Gasteiger partial charge in [0.1, 0.15) is 12.1 Å². The number of urea groups is 1. The number of hydrogen-bond donors (Lipinski definition) is 3. The largest absolute Gasteiger partial charge is 0.393 e. The summed E-state index contributed by atoms with van der Waals surface area (Å²) in [7, 11) is 0. The number of aromatic nitrogens is 1. The Morgan fingerprint density at radius 3 is 2.69 bits per heavy atom. The lowest BCUT2D eigenvalue weighted by Crippen LogP contribution is -2.51. The number of hydrogen-bond acceptors (Lipinski definition) is 5. The van der Waals surface area contributed by atoms with Crippen molar-refractivity contribution in [3.63, 3.8) is 0 Å². The molecule has 1 aromatic rings. The molecule has 140 valence electrons. The van der Waals surface area contributed by atoms with Crippen molar-refractivity contribution >= 4 is 17.8 Å². The molecular weight excluding hydrogens is 336 g/mol. The predicted molar refractivity (Wildman–Crippen MR) is 92.9 cm³/mol. The number of nitrogens with one attached hydrogen (secondary N) is 2. The number of carbonyl (C=O) groups is 3. The fourth-order valence-corrected chi connectivity index (χ4v) is 3.40. The van der Waals surface area contributed by atoms with Crippen LogP contribution in [0, 0.1) is 5.92 Å². The Balaban J connectivity index is 1.64. The topological polar surface area (TPSA) is 112 Å². The van der Waals surface area contributed by atoms with Crippen LogP contribution < -0.4 is 10.6 Å². The minimum Gasteiger partial charge on any atom is -0.393 e. The summed E-state index contributed by atoms with van der Waals surface area (Å²) in [6.45, 7) is 2.89. The molecule has 1 aromatic heterocycles. The van der Waals surface area contributed by atoms with E-state index in [1.165, 1.54) is 0 Å². The van der Waals surface area contributed by atoms with E-state index in [0.29, 0.717) is 19.3 Å². The molecule has 0 aromatic carbocycles. The Bertz CT molecular complexity index is 700. The third kappa shape index (κ3) is 3.85. The van der Waals surface area contributed by atoms with Crippen molar-refractivity contribution in [1.29, 1.82) is 0 Å². The van der Waals surface area contributed by atoms with Gasteiger partial charge < -0.3 is 15.7 Å². The molecular formula is C18H24N4O4. The van der Waals surface area contributed by atoms with Crippen molar-refractivity contribution in [2.45, 2.75) is 50.8 Å². The van der Waals surface area contributed by atoms with Crippen LogP contribution in [0.15, 0.2) is 24.4 Å². The SMILES string of the molecule is CC1(C)NC(=O)N(CC(=O)N[C@@H](Cc2ccccn2)C2CC(O)C2)C1=O. The maximum atomic E-state index is 12.5. The number of aliphatic hydroxyl groups excluding tert-OH is 1. The first kappa shape index (κ1) is 18.3. The monoisotopic (exact) mass is 360 g/mol. The van der Waals surface area contributed by atoms with Gasteiger partial charge in [-0.05, 0) is 44.7 Å². The highest BCUT2D eigenvalue weighted by molar-refractivity contribution is 6.08. The molecule has 0 unspecified atom stereocenters. The molecule has 3 N–H and O–H groups in total. The predicted octanol–water partition coefficient (Wildman–Crippen LogP) is 0.210. The lowest BCUT2D eigenvalue weighted by atomic mass is 9.76. The third-order valence-electron chi connectivity index (χ3n) is 4.97. The van der Waals surface area contributed by atoms with Crippen molar-refractivity contribution in [2.75, 3.05) is 6.54 Å². The first-order chi connectivity index (χ1) is 12.3. The lowest BCUT2D eigenvalue weighted by molar-refractivity contribution is -0.134. The van der Waals surface area contributed by atoms with Crippen LogP contribution in [0.1, 0.15) is 32.4 Å². The Morgan fingerprint density at radius 1 is 1.42 bits per heavy atom. The summed E-state index contributed by atoms with van der Waals surface area (Å²) < 4.78 is 0. The molecule has 1 atom stereocenters. The van der Waals surface area contributed by atoms with Crippen LogP contribution in [0.3, 0.4) is 0 Å². The van der Waals surface area contributed by atoms with Crippen LogP contribution in [0.25, 0.3) is 0 Å². The van der Waals surface area contributed by atoms with Gasteiger partial charge in [-0.3, -0.25) is 19.5 Å². The molecule has 1 saturated carbocycles. The first-order valence-corrected chi connectivity index (χ1v) is 8.77. The molecule has 1 aliphatic heterocycles. The van der Waals surface area contributed by atoms with Gasteiger partial charge in [-0.1, -0.05) is 6.07 Å². The van der Waals surface area contributed by atoms with Crippen molar-refractivity contribution in [3.8, 4) is 0 Å². The van der Waals surface area contributed by atoms with E-state index < -0.39 is 23.4 Å². The number of imide groups is 1. The van der Waals surface area contributed by atoms with Gasteiger partial charge in [0.2, 0.25) is 5.91 Å². The van der Waals surface area contributed by atoms with Crippen molar-refractivity contribution in [2.24, 2.45) is 5.92 Å². The van der Waals surface area contributed by atoms with E-state index >= 15 is 0 Å². The average molecular weight is 360 g/mol. The summed E-state index contributed by atoms with van der Waals surface area (Å²) in [6, 6.07) is 4.83. The van der Waals surface area contributed by atoms with Gasteiger partial charge in [0.25, 0.3) is 5.91 Å². The quantitative estimate of drug-likeness (QED) is 0.628. The summed E-state index contributed by atoms with van der Waals surface area (Å²) >= 11 is 0. The molecule has 1 saturated heterocycles. The smallest absolute Gasteiger partial charge is 0.325 e. The fourth-order valence-electron chi connectivity index (χ4n) is 3.40. The van der Waals surface area contributed by atoms with Crippen molar-refractivity contribution in [1.82, 2.24) is 20.5 Å². The van der Waals surface area contributed by atoms with E-state index in [-0.39, 0.29) is 24.6 Å². The molecule has 8 heteroatoms. The van der Waals surface area contributed by atoms with Crippen molar-refractivity contribution < 1.29 is 19.5 Å². The van der Waals surface area contributed by atoms with Crippen LogP contribution in [0.5, 0.6) is 0 Å². The van der Waals surface area contributed by atoms with E-state index in [0.717, 1.165) is 10.6 Å². The van der Waals surface area contributed by atoms with Gasteiger partial charge in [-0.15, -0.1) is 0 Å². The Kier molecular flexibility index (Phi) is 4.95. The number of amides is 4. The minimum atomic E-state index is -0.997. The molecule has 2 fully saturated rings.